The third-order valence-electron chi connectivity index (χ3n) is 4.12. The van der Waals surface area contributed by atoms with Crippen molar-refractivity contribution in [2.75, 3.05) is 5.32 Å². The van der Waals surface area contributed by atoms with Crippen molar-refractivity contribution < 1.29 is 13.7 Å². The summed E-state index contributed by atoms with van der Waals surface area (Å²) in [4.78, 5) is 12.0. The Labute approximate surface area is 123 Å². The highest BCUT2D eigenvalue weighted by molar-refractivity contribution is 5.91. The molecular weight excluding hydrogens is 268 g/mol. The Morgan fingerprint density at radius 3 is 2.90 bits per heavy atom. The van der Waals surface area contributed by atoms with Crippen molar-refractivity contribution in [1.29, 1.82) is 0 Å². The number of rotatable bonds is 4. The van der Waals surface area contributed by atoms with E-state index in [0.717, 1.165) is 24.1 Å². The first-order valence-electron chi connectivity index (χ1n) is 7.52. The molecule has 1 fully saturated rings. The molecule has 0 aromatic carbocycles. The summed E-state index contributed by atoms with van der Waals surface area (Å²) < 4.78 is 10.5. The van der Waals surface area contributed by atoms with Gasteiger partial charge in [0.25, 0.3) is 0 Å². The first-order valence-corrected chi connectivity index (χ1v) is 7.52. The summed E-state index contributed by atoms with van der Waals surface area (Å²) in [7, 11) is 0. The lowest BCUT2D eigenvalue weighted by Crippen LogP contribution is -2.14. The molecule has 2 aromatic heterocycles. The van der Waals surface area contributed by atoms with Crippen LogP contribution in [0.5, 0.6) is 0 Å². The number of carbonyl (C=O) groups excluding carboxylic acids is 1. The summed E-state index contributed by atoms with van der Waals surface area (Å²) in [5.41, 5.74) is 1.96. The van der Waals surface area contributed by atoms with Gasteiger partial charge < -0.3 is 8.94 Å². The second kappa shape index (κ2) is 6.16. The van der Waals surface area contributed by atoms with Gasteiger partial charge in [-0.3, -0.25) is 10.1 Å². The molecule has 2 heterocycles. The van der Waals surface area contributed by atoms with Crippen molar-refractivity contribution in [2.24, 2.45) is 0 Å². The molecular formula is C16H20N2O3. The fourth-order valence-electron chi connectivity index (χ4n) is 2.96. The van der Waals surface area contributed by atoms with Crippen LogP contribution in [0.15, 0.2) is 27.3 Å². The molecule has 1 N–H and O–H groups in total. The molecule has 21 heavy (non-hydrogen) atoms. The highest BCUT2D eigenvalue weighted by Gasteiger charge is 2.23. The number of aromatic nitrogens is 1. The molecule has 0 unspecified atom stereocenters. The molecule has 1 aliphatic rings. The van der Waals surface area contributed by atoms with Crippen molar-refractivity contribution in [1.82, 2.24) is 5.16 Å². The summed E-state index contributed by atoms with van der Waals surface area (Å²) in [6.07, 6.45) is 7.88. The van der Waals surface area contributed by atoms with Crippen LogP contribution in [0.25, 0.3) is 0 Å². The number of carbonyl (C=O) groups is 1. The van der Waals surface area contributed by atoms with Crippen LogP contribution in [-0.2, 0) is 11.2 Å². The van der Waals surface area contributed by atoms with Gasteiger partial charge in [-0.1, -0.05) is 24.4 Å². The van der Waals surface area contributed by atoms with Gasteiger partial charge in [0.1, 0.15) is 5.76 Å². The lowest BCUT2D eigenvalue weighted by molar-refractivity contribution is -0.115. The van der Waals surface area contributed by atoms with Crippen molar-refractivity contribution in [3.63, 3.8) is 0 Å². The molecule has 1 aliphatic carbocycles. The maximum absolute atomic E-state index is 12.0. The van der Waals surface area contributed by atoms with Crippen LogP contribution in [0.1, 0.15) is 55.0 Å². The smallest absolute Gasteiger partial charge is 0.234 e. The van der Waals surface area contributed by atoms with E-state index in [2.05, 4.69) is 10.5 Å². The fraction of sp³-hybridized carbons (Fsp3) is 0.500. The van der Waals surface area contributed by atoms with Gasteiger partial charge in [0.15, 0.2) is 0 Å². The molecule has 112 valence electrons. The van der Waals surface area contributed by atoms with Crippen LogP contribution in [0.4, 0.5) is 5.88 Å². The fourth-order valence-corrected chi connectivity index (χ4v) is 2.96. The van der Waals surface area contributed by atoms with Gasteiger partial charge >= 0.3 is 0 Å². The number of nitrogens with zero attached hydrogens (tertiary/aromatic N) is 1. The number of hydrogen-bond donors (Lipinski definition) is 1. The van der Waals surface area contributed by atoms with Gasteiger partial charge in [-0.2, -0.15) is 0 Å². The van der Waals surface area contributed by atoms with E-state index < -0.39 is 0 Å². The summed E-state index contributed by atoms with van der Waals surface area (Å²) >= 11 is 0. The van der Waals surface area contributed by atoms with E-state index in [1.807, 2.05) is 6.92 Å². The van der Waals surface area contributed by atoms with Crippen LogP contribution in [0.3, 0.4) is 0 Å². The lowest BCUT2D eigenvalue weighted by Gasteiger charge is -2.19. The maximum atomic E-state index is 12.0. The number of amides is 1. The molecule has 0 radical (unpaired) electrons. The first-order chi connectivity index (χ1) is 10.2. The quantitative estimate of drug-likeness (QED) is 0.929. The molecule has 0 atom stereocenters. The van der Waals surface area contributed by atoms with Crippen LogP contribution in [-0.4, -0.2) is 11.1 Å². The third-order valence-corrected chi connectivity index (χ3v) is 4.12. The third kappa shape index (κ3) is 3.17. The van der Waals surface area contributed by atoms with Gasteiger partial charge in [-0.15, -0.1) is 0 Å². The van der Waals surface area contributed by atoms with Crippen molar-refractivity contribution in [3.8, 4) is 0 Å². The predicted molar refractivity (Wildman–Crippen MR) is 78.1 cm³/mol. The van der Waals surface area contributed by atoms with E-state index in [-0.39, 0.29) is 12.3 Å². The number of nitrogens with one attached hydrogen (secondary N) is 1. The van der Waals surface area contributed by atoms with Gasteiger partial charge in [0.05, 0.1) is 18.4 Å². The number of furan rings is 1. The summed E-state index contributed by atoms with van der Waals surface area (Å²) in [5, 5.41) is 6.96. The molecule has 5 heteroatoms. The highest BCUT2D eigenvalue weighted by Crippen LogP contribution is 2.35. The van der Waals surface area contributed by atoms with E-state index in [4.69, 9.17) is 8.94 Å². The van der Waals surface area contributed by atoms with Gasteiger partial charge in [0, 0.05) is 11.5 Å². The molecule has 5 nitrogen and oxygen atoms in total. The second-order valence-electron chi connectivity index (χ2n) is 5.66. The zero-order chi connectivity index (χ0) is 14.7. The molecule has 0 bridgehead atoms. The minimum atomic E-state index is -0.153. The van der Waals surface area contributed by atoms with Gasteiger partial charge in [-0.25, -0.2) is 0 Å². The van der Waals surface area contributed by atoms with Crippen molar-refractivity contribution in [2.45, 2.75) is 51.4 Å². The molecule has 2 aromatic rings. The average molecular weight is 288 g/mol. The minimum absolute atomic E-state index is 0.153. The van der Waals surface area contributed by atoms with E-state index >= 15 is 0 Å². The predicted octanol–water partition coefficient (Wildman–Crippen LogP) is 3.80. The topological polar surface area (TPSA) is 68.3 Å². The van der Waals surface area contributed by atoms with Crippen molar-refractivity contribution >= 4 is 11.8 Å². The maximum Gasteiger partial charge on any atom is 0.234 e. The van der Waals surface area contributed by atoms with E-state index in [9.17, 15) is 4.79 Å². The van der Waals surface area contributed by atoms with E-state index in [1.54, 1.807) is 18.4 Å². The zero-order valence-corrected chi connectivity index (χ0v) is 12.2. The van der Waals surface area contributed by atoms with Crippen LogP contribution in [0.2, 0.25) is 0 Å². The van der Waals surface area contributed by atoms with E-state index in [1.165, 1.54) is 19.3 Å². The average Bonchev–Trinajstić information content (AvgIpc) is 3.11. The normalized spacial score (nSPS) is 16.0. The summed E-state index contributed by atoms with van der Waals surface area (Å²) in [6, 6.07) is 3.55. The summed E-state index contributed by atoms with van der Waals surface area (Å²) in [6.45, 7) is 1.96. The summed E-state index contributed by atoms with van der Waals surface area (Å²) in [5.74, 6) is 1.42. The Morgan fingerprint density at radius 1 is 1.38 bits per heavy atom. The molecule has 1 saturated carbocycles. The van der Waals surface area contributed by atoms with Crippen LogP contribution < -0.4 is 5.32 Å². The molecule has 0 spiro atoms. The Bertz CT molecular complexity index is 595. The Morgan fingerprint density at radius 2 is 2.19 bits per heavy atom. The highest BCUT2D eigenvalue weighted by atomic mass is 16.5. The minimum Gasteiger partial charge on any atom is -0.469 e. The van der Waals surface area contributed by atoms with Crippen LogP contribution >= 0.6 is 0 Å². The number of hydrogen-bond acceptors (Lipinski definition) is 4. The molecule has 0 saturated heterocycles. The van der Waals surface area contributed by atoms with Gasteiger partial charge in [0.2, 0.25) is 11.8 Å². The Kier molecular flexibility index (Phi) is 4.08. The zero-order valence-electron chi connectivity index (χ0n) is 12.2. The van der Waals surface area contributed by atoms with Gasteiger partial charge in [-0.05, 0) is 31.9 Å². The standard InChI is InChI=1S/C16H20N2O3/c1-11-15(12-6-3-2-4-7-12)18-21-16(11)17-14(19)10-13-8-5-9-20-13/h5,8-9,12H,2-4,6-7,10H2,1H3,(H,17,19). The largest absolute Gasteiger partial charge is 0.469 e. The number of anilines is 1. The van der Waals surface area contributed by atoms with E-state index in [0.29, 0.717) is 17.6 Å². The Hall–Kier alpha value is -2.04. The Balaban J connectivity index is 1.65. The SMILES string of the molecule is Cc1c(C2CCCCC2)noc1NC(=O)Cc1ccco1. The van der Waals surface area contributed by atoms with Crippen molar-refractivity contribution in [3.05, 3.63) is 35.4 Å². The lowest BCUT2D eigenvalue weighted by atomic mass is 9.86. The molecule has 1 amide bonds. The second-order valence-corrected chi connectivity index (χ2v) is 5.66. The molecule has 3 rings (SSSR count). The van der Waals surface area contributed by atoms with Crippen LogP contribution in [0, 0.1) is 6.92 Å². The first kappa shape index (κ1) is 13.9. The monoisotopic (exact) mass is 288 g/mol. The molecule has 0 aliphatic heterocycles.